The van der Waals surface area contributed by atoms with Crippen molar-refractivity contribution in [3.8, 4) is 5.75 Å². The minimum atomic E-state index is -0.480. The lowest BCUT2D eigenvalue weighted by molar-refractivity contribution is -0.128. The number of nitrogens with zero attached hydrogens (tertiary/aromatic N) is 1. The molecule has 2 bridgehead atoms. The lowest BCUT2D eigenvalue weighted by Gasteiger charge is -2.57. The molecule has 2 N–H and O–H groups in total. The number of aromatic hydroxyl groups is 1. The van der Waals surface area contributed by atoms with E-state index in [9.17, 15) is 9.90 Å². The van der Waals surface area contributed by atoms with E-state index in [4.69, 9.17) is 0 Å². The number of hydrogen-bond donors (Lipinski definition) is 2. The zero-order chi connectivity index (χ0) is 30.1. The Morgan fingerprint density at radius 2 is 1.64 bits per heavy atom. The highest BCUT2D eigenvalue weighted by molar-refractivity contribution is 5.96. The number of halogens is 1. The van der Waals surface area contributed by atoms with E-state index < -0.39 is 5.41 Å². The summed E-state index contributed by atoms with van der Waals surface area (Å²) in [7, 11) is 0. The number of aryl methyl sites for hydroxylation is 1. The van der Waals surface area contributed by atoms with Crippen molar-refractivity contribution in [3.63, 3.8) is 0 Å². The van der Waals surface area contributed by atoms with E-state index in [2.05, 4.69) is 96.0 Å². The molecule has 0 aromatic heterocycles. The molecule has 1 aliphatic heterocycles. The first-order valence-corrected chi connectivity index (χ1v) is 16.8. The molecule has 2 aliphatic carbocycles. The minimum Gasteiger partial charge on any atom is -0.508 e. The van der Waals surface area contributed by atoms with E-state index in [1.54, 1.807) is 6.07 Å². The molecule has 3 aliphatic rings. The summed E-state index contributed by atoms with van der Waals surface area (Å²) in [6.45, 7) is 4.51. The fraction of sp³-hybridized carbons (Fsp3) is 0.425. The van der Waals surface area contributed by atoms with Gasteiger partial charge in [-0.1, -0.05) is 105 Å². The van der Waals surface area contributed by atoms with Gasteiger partial charge in [-0.2, -0.15) is 0 Å². The van der Waals surface area contributed by atoms with Gasteiger partial charge >= 0.3 is 0 Å². The van der Waals surface area contributed by atoms with E-state index in [1.807, 2.05) is 12.1 Å². The van der Waals surface area contributed by atoms with E-state index >= 15 is 0 Å². The molecule has 5 heteroatoms. The van der Waals surface area contributed by atoms with Crippen molar-refractivity contribution in [2.75, 3.05) is 13.1 Å². The first-order chi connectivity index (χ1) is 21.5. The molecule has 4 nitrogen and oxygen atoms in total. The van der Waals surface area contributed by atoms with Crippen LogP contribution in [0.2, 0.25) is 0 Å². The van der Waals surface area contributed by atoms with Crippen LogP contribution in [0.15, 0.2) is 97.1 Å². The van der Waals surface area contributed by atoms with E-state index in [0.29, 0.717) is 17.7 Å². The van der Waals surface area contributed by atoms with E-state index in [1.165, 1.54) is 27.5 Å². The lowest BCUT2D eigenvalue weighted by Crippen LogP contribution is -2.62. The number of rotatable bonds is 8. The summed E-state index contributed by atoms with van der Waals surface area (Å²) in [6.07, 6.45) is 9.18. The lowest BCUT2D eigenvalue weighted by atomic mass is 9.57. The summed E-state index contributed by atoms with van der Waals surface area (Å²) < 4.78 is 0. The second-order valence-electron chi connectivity index (χ2n) is 14.0. The number of phenols is 1. The Hall–Kier alpha value is -3.34. The number of nitrogens with one attached hydrogen (secondary N) is 1. The van der Waals surface area contributed by atoms with Crippen molar-refractivity contribution in [2.24, 2.45) is 5.92 Å². The number of carbonyl (C=O) groups is 1. The van der Waals surface area contributed by atoms with Crippen LogP contribution in [0.4, 0.5) is 0 Å². The Balaban J connectivity index is 0.00000357. The molecule has 4 aromatic carbocycles. The summed E-state index contributed by atoms with van der Waals surface area (Å²) in [5.41, 5.74) is 3.27. The van der Waals surface area contributed by atoms with Gasteiger partial charge in [0.25, 0.3) is 0 Å². The molecule has 4 atom stereocenters. The normalized spacial score (nSPS) is 25.8. The molecule has 1 amide bonds. The van der Waals surface area contributed by atoms with Gasteiger partial charge in [-0.25, -0.2) is 0 Å². The third kappa shape index (κ3) is 6.00. The average molecular weight is 623 g/mol. The Morgan fingerprint density at radius 1 is 0.911 bits per heavy atom. The Morgan fingerprint density at radius 3 is 2.44 bits per heavy atom. The van der Waals surface area contributed by atoms with Gasteiger partial charge in [0.1, 0.15) is 5.75 Å². The monoisotopic (exact) mass is 622 g/mol. The Kier molecular flexibility index (Phi) is 9.27. The van der Waals surface area contributed by atoms with Gasteiger partial charge in [-0.15, -0.1) is 12.4 Å². The second kappa shape index (κ2) is 13.2. The molecule has 0 spiro atoms. The van der Waals surface area contributed by atoms with Crippen LogP contribution in [-0.4, -0.2) is 41.1 Å². The van der Waals surface area contributed by atoms with Crippen molar-refractivity contribution >= 4 is 29.1 Å². The molecule has 7 rings (SSSR count). The first-order valence-electron chi connectivity index (χ1n) is 16.8. The second-order valence-corrected chi connectivity index (χ2v) is 14.0. The average Bonchev–Trinajstić information content (AvgIpc) is 3.55. The summed E-state index contributed by atoms with van der Waals surface area (Å²) in [6, 6.07) is 34.3. The van der Waals surface area contributed by atoms with Crippen molar-refractivity contribution in [2.45, 2.75) is 87.6 Å². The minimum absolute atomic E-state index is 0. The number of benzene rings is 4. The largest absolute Gasteiger partial charge is 0.508 e. The first kappa shape index (κ1) is 31.6. The Labute approximate surface area is 274 Å². The SMILES string of the molecule is C[C@H]1CN(CCCc2ccccc2)[C@@H]2C[C@@H](NC(=O)C3(c4cccc5ccccc45)CCCC3)C[C@@]1(c1cccc(O)c1)C2.Cl. The van der Waals surface area contributed by atoms with Crippen molar-refractivity contribution in [3.05, 3.63) is 114 Å². The molecule has 236 valence electrons. The van der Waals surface area contributed by atoms with Crippen LogP contribution in [0.1, 0.15) is 75.0 Å². The van der Waals surface area contributed by atoms with Crippen LogP contribution < -0.4 is 5.32 Å². The van der Waals surface area contributed by atoms with Crippen LogP contribution >= 0.6 is 12.4 Å². The number of fused-ring (bicyclic) bond motifs is 3. The maximum Gasteiger partial charge on any atom is 0.230 e. The molecular formula is C40H47ClN2O2. The molecule has 0 unspecified atom stereocenters. The zero-order valence-corrected chi connectivity index (χ0v) is 27.3. The topological polar surface area (TPSA) is 52.6 Å². The van der Waals surface area contributed by atoms with Crippen LogP contribution in [0.5, 0.6) is 5.75 Å². The maximum atomic E-state index is 14.6. The highest BCUT2D eigenvalue weighted by atomic mass is 35.5. The molecule has 0 radical (unpaired) electrons. The van der Waals surface area contributed by atoms with Gasteiger partial charge < -0.3 is 10.4 Å². The van der Waals surface area contributed by atoms with Gasteiger partial charge in [0.2, 0.25) is 5.91 Å². The standard InChI is InChI=1S/C40H46N2O2.ClH/c1-29-28-42(23-11-14-30-12-3-2-4-13-30)34-25-33(26-40(29,27-34)32-17-10-18-35(43)24-32)41-38(44)39(21-7-8-22-39)37-20-9-16-31-15-5-6-19-36(31)37;/h2-6,9-10,12-13,15-20,24,29,33-34,43H,7-8,11,14,21-23,25-28H2,1H3,(H,41,44);1H/t29-,33+,34+,40+;/m0./s1. The highest BCUT2D eigenvalue weighted by Gasteiger charge is 2.52. The van der Waals surface area contributed by atoms with Gasteiger partial charge in [0.15, 0.2) is 0 Å². The van der Waals surface area contributed by atoms with Crippen LogP contribution in [0, 0.1) is 5.92 Å². The number of piperidine rings is 1. The number of carbonyl (C=O) groups excluding carboxylic acids is 1. The fourth-order valence-corrected chi connectivity index (χ4v) is 9.21. The van der Waals surface area contributed by atoms with Crippen LogP contribution in [-0.2, 0) is 22.0 Å². The van der Waals surface area contributed by atoms with Gasteiger partial charge in [-0.05, 0) is 97.0 Å². The fourth-order valence-electron chi connectivity index (χ4n) is 9.21. The van der Waals surface area contributed by atoms with Gasteiger partial charge in [-0.3, -0.25) is 9.69 Å². The summed E-state index contributed by atoms with van der Waals surface area (Å²) in [5, 5.41) is 16.6. The third-order valence-electron chi connectivity index (χ3n) is 11.4. The molecule has 4 aromatic rings. The van der Waals surface area contributed by atoms with E-state index in [0.717, 1.165) is 70.9 Å². The van der Waals surface area contributed by atoms with Crippen molar-refractivity contribution in [1.82, 2.24) is 10.2 Å². The predicted octanol–water partition coefficient (Wildman–Crippen LogP) is 8.34. The molecule has 1 saturated heterocycles. The smallest absolute Gasteiger partial charge is 0.230 e. The molecule has 45 heavy (non-hydrogen) atoms. The maximum absolute atomic E-state index is 14.6. The summed E-state index contributed by atoms with van der Waals surface area (Å²) in [5.74, 6) is 0.957. The number of amides is 1. The summed E-state index contributed by atoms with van der Waals surface area (Å²) in [4.78, 5) is 17.3. The van der Waals surface area contributed by atoms with Crippen molar-refractivity contribution < 1.29 is 9.90 Å². The van der Waals surface area contributed by atoms with Crippen molar-refractivity contribution in [1.29, 1.82) is 0 Å². The van der Waals surface area contributed by atoms with Crippen LogP contribution in [0.3, 0.4) is 0 Å². The molecule has 1 heterocycles. The third-order valence-corrected chi connectivity index (χ3v) is 11.4. The quantitative estimate of drug-likeness (QED) is 0.208. The predicted molar refractivity (Wildman–Crippen MR) is 186 cm³/mol. The van der Waals surface area contributed by atoms with E-state index in [-0.39, 0.29) is 29.8 Å². The number of hydrogen-bond acceptors (Lipinski definition) is 3. The zero-order valence-electron chi connectivity index (χ0n) is 26.5. The molecule has 2 saturated carbocycles. The number of likely N-dealkylation sites (tertiary alicyclic amines) is 1. The van der Waals surface area contributed by atoms with Crippen LogP contribution in [0.25, 0.3) is 10.8 Å². The summed E-state index contributed by atoms with van der Waals surface area (Å²) >= 11 is 0. The highest BCUT2D eigenvalue weighted by Crippen LogP contribution is 2.51. The van der Waals surface area contributed by atoms with Gasteiger partial charge in [0.05, 0.1) is 5.41 Å². The molecule has 3 fully saturated rings. The van der Waals surface area contributed by atoms with Gasteiger partial charge in [0, 0.05) is 24.0 Å². The molecular weight excluding hydrogens is 576 g/mol. The Bertz CT molecular complexity index is 1610. The number of phenolic OH excluding ortho intramolecular Hbond substituents is 1.